The van der Waals surface area contributed by atoms with Gasteiger partial charge in [0.25, 0.3) is 5.91 Å². The molecule has 3 aromatic rings. The Morgan fingerprint density at radius 2 is 2.14 bits per heavy atom. The number of hydrogen-bond donors (Lipinski definition) is 1. The number of hydrogen-bond acceptors (Lipinski definition) is 4. The van der Waals surface area contributed by atoms with Crippen LogP contribution in [0.15, 0.2) is 48.8 Å². The zero-order valence-corrected chi connectivity index (χ0v) is 16.4. The van der Waals surface area contributed by atoms with Crippen molar-refractivity contribution >= 4 is 11.6 Å². The van der Waals surface area contributed by atoms with Crippen molar-refractivity contribution in [2.45, 2.75) is 26.9 Å². The standard InChI is InChI=1S/C22H26N4O2/c1-16-6-7-20-24-18(12-26(20)11-16)13-28-19-5-3-4-17(10-19)21(27)25-9-8-22(2,14-23)15-25/h3-7,10-12H,8-9,13-15,23H2,1-2H3. The van der Waals surface area contributed by atoms with Gasteiger partial charge < -0.3 is 19.8 Å². The topological polar surface area (TPSA) is 72.9 Å². The highest BCUT2D eigenvalue weighted by Crippen LogP contribution is 2.30. The van der Waals surface area contributed by atoms with E-state index in [0.29, 0.717) is 31.0 Å². The number of carbonyl (C=O) groups excluding carboxylic acids is 1. The lowest BCUT2D eigenvalue weighted by Crippen LogP contribution is -2.34. The van der Waals surface area contributed by atoms with Crippen molar-refractivity contribution in [1.82, 2.24) is 14.3 Å². The number of pyridine rings is 1. The molecule has 0 saturated carbocycles. The summed E-state index contributed by atoms with van der Waals surface area (Å²) < 4.78 is 7.90. The van der Waals surface area contributed by atoms with E-state index in [1.54, 1.807) is 6.07 Å². The predicted molar refractivity (Wildman–Crippen MR) is 108 cm³/mol. The van der Waals surface area contributed by atoms with Crippen molar-refractivity contribution in [1.29, 1.82) is 0 Å². The molecule has 1 aliphatic heterocycles. The number of rotatable bonds is 5. The van der Waals surface area contributed by atoms with Crippen LogP contribution in [0.4, 0.5) is 0 Å². The van der Waals surface area contributed by atoms with E-state index < -0.39 is 0 Å². The summed E-state index contributed by atoms with van der Waals surface area (Å²) in [6, 6.07) is 11.4. The van der Waals surface area contributed by atoms with Crippen LogP contribution in [0.1, 0.15) is 35.0 Å². The Bertz CT molecular complexity index is 1010. The van der Waals surface area contributed by atoms with Crippen LogP contribution in [-0.2, 0) is 6.61 Å². The fourth-order valence-corrected chi connectivity index (χ4v) is 3.65. The number of fused-ring (bicyclic) bond motifs is 1. The molecule has 1 aromatic carbocycles. The third-order valence-electron chi connectivity index (χ3n) is 5.45. The first-order valence-corrected chi connectivity index (χ1v) is 9.62. The van der Waals surface area contributed by atoms with Gasteiger partial charge in [-0.3, -0.25) is 4.79 Å². The Hall–Kier alpha value is -2.86. The molecular formula is C22H26N4O2. The summed E-state index contributed by atoms with van der Waals surface area (Å²) in [4.78, 5) is 19.3. The van der Waals surface area contributed by atoms with Gasteiger partial charge in [0.05, 0.1) is 5.69 Å². The van der Waals surface area contributed by atoms with Crippen LogP contribution in [-0.4, -0.2) is 39.8 Å². The predicted octanol–water partition coefficient (Wildman–Crippen LogP) is 3.03. The minimum absolute atomic E-state index is 0.0191. The van der Waals surface area contributed by atoms with Crippen molar-refractivity contribution in [2.24, 2.45) is 11.1 Å². The van der Waals surface area contributed by atoms with Crippen molar-refractivity contribution < 1.29 is 9.53 Å². The maximum atomic E-state index is 12.8. The van der Waals surface area contributed by atoms with E-state index in [4.69, 9.17) is 10.5 Å². The maximum Gasteiger partial charge on any atom is 0.254 e. The molecule has 3 heterocycles. The molecule has 6 nitrogen and oxygen atoms in total. The van der Waals surface area contributed by atoms with Crippen LogP contribution >= 0.6 is 0 Å². The molecule has 0 radical (unpaired) electrons. The number of amides is 1. The largest absolute Gasteiger partial charge is 0.487 e. The van der Waals surface area contributed by atoms with Gasteiger partial charge in [0, 0.05) is 31.0 Å². The van der Waals surface area contributed by atoms with Gasteiger partial charge in [0.2, 0.25) is 0 Å². The Labute approximate surface area is 164 Å². The van der Waals surface area contributed by atoms with E-state index in [0.717, 1.165) is 24.3 Å². The van der Waals surface area contributed by atoms with E-state index in [9.17, 15) is 4.79 Å². The zero-order chi connectivity index (χ0) is 19.7. The molecule has 4 rings (SSSR count). The van der Waals surface area contributed by atoms with Gasteiger partial charge in [-0.15, -0.1) is 0 Å². The Kier molecular flexibility index (Phi) is 4.81. The minimum atomic E-state index is 0.0191. The molecule has 146 valence electrons. The van der Waals surface area contributed by atoms with Crippen LogP contribution in [0.3, 0.4) is 0 Å². The molecule has 6 heteroatoms. The smallest absolute Gasteiger partial charge is 0.254 e. The molecule has 1 atom stereocenters. The summed E-state index contributed by atoms with van der Waals surface area (Å²) in [5.74, 6) is 0.700. The molecule has 1 unspecified atom stereocenters. The van der Waals surface area contributed by atoms with Gasteiger partial charge in [0.1, 0.15) is 18.0 Å². The number of nitrogens with zero attached hydrogens (tertiary/aromatic N) is 3. The van der Waals surface area contributed by atoms with Crippen molar-refractivity contribution in [3.63, 3.8) is 0 Å². The molecule has 2 aromatic heterocycles. The molecule has 1 amide bonds. The number of imidazole rings is 1. The molecule has 1 aliphatic rings. The molecule has 1 fully saturated rings. The molecule has 28 heavy (non-hydrogen) atoms. The highest BCUT2D eigenvalue weighted by Gasteiger charge is 2.35. The molecule has 1 saturated heterocycles. The van der Waals surface area contributed by atoms with Gasteiger partial charge in [0.15, 0.2) is 0 Å². The van der Waals surface area contributed by atoms with E-state index in [1.165, 1.54) is 5.56 Å². The Morgan fingerprint density at radius 3 is 2.93 bits per heavy atom. The summed E-state index contributed by atoms with van der Waals surface area (Å²) in [5, 5.41) is 0. The number of nitrogens with two attached hydrogens (primary N) is 1. The third-order valence-corrected chi connectivity index (χ3v) is 5.45. The lowest BCUT2D eigenvalue weighted by Gasteiger charge is -2.22. The van der Waals surface area contributed by atoms with Crippen LogP contribution in [0.2, 0.25) is 0 Å². The zero-order valence-electron chi connectivity index (χ0n) is 16.4. The van der Waals surface area contributed by atoms with Crippen molar-refractivity contribution in [3.05, 3.63) is 65.6 Å². The fraction of sp³-hybridized carbons (Fsp3) is 0.364. The molecule has 0 bridgehead atoms. The van der Waals surface area contributed by atoms with Gasteiger partial charge in [-0.25, -0.2) is 4.98 Å². The SMILES string of the molecule is Cc1ccc2nc(COc3cccc(C(=O)N4CCC(C)(CN)C4)c3)cn2c1. The Balaban J connectivity index is 1.44. The van der Waals surface area contributed by atoms with Gasteiger partial charge in [-0.05, 0) is 55.1 Å². The number of likely N-dealkylation sites (tertiary alicyclic amines) is 1. The maximum absolute atomic E-state index is 12.8. The highest BCUT2D eigenvalue weighted by atomic mass is 16.5. The first-order valence-electron chi connectivity index (χ1n) is 9.62. The third kappa shape index (κ3) is 3.73. The summed E-state index contributed by atoms with van der Waals surface area (Å²) in [6.45, 7) is 6.59. The first kappa shape index (κ1) is 18.5. The molecular weight excluding hydrogens is 352 g/mol. The number of aromatic nitrogens is 2. The summed E-state index contributed by atoms with van der Waals surface area (Å²) in [5.41, 5.74) is 9.44. The molecule has 0 aliphatic carbocycles. The van der Waals surface area contributed by atoms with Crippen LogP contribution < -0.4 is 10.5 Å². The van der Waals surface area contributed by atoms with E-state index >= 15 is 0 Å². The second-order valence-electron chi connectivity index (χ2n) is 8.01. The second kappa shape index (κ2) is 7.28. The van der Waals surface area contributed by atoms with Crippen LogP contribution in [0, 0.1) is 12.3 Å². The first-order chi connectivity index (χ1) is 13.5. The summed E-state index contributed by atoms with van der Waals surface area (Å²) in [6.07, 6.45) is 4.95. The summed E-state index contributed by atoms with van der Waals surface area (Å²) >= 11 is 0. The van der Waals surface area contributed by atoms with Crippen LogP contribution in [0.5, 0.6) is 5.75 Å². The fourth-order valence-electron chi connectivity index (χ4n) is 3.65. The molecule has 0 spiro atoms. The van der Waals surface area contributed by atoms with E-state index in [-0.39, 0.29) is 11.3 Å². The highest BCUT2D eigenvalue weighted by molar-refractivity contribution is 5.94. The lowest BCUT2D eigenvalue weighted by molar-refractivity contribution is 0.0776. The number of aryl methyl sites for hydroxylation is 1. The summed E-state index contributed by atoms with van der Waals surface area (Å²) in [7, 11) is 0. The Morgan fingerprint density at radius 1 is 1.29 bits per heavy atom. The van der Waals surface area contributed by atoms with E-state index in [1.807, 2.05) is 52.0 Å². The van der Waals surface area contributed by atoms with Gasteiger partial charge >= 0.3 is 0 Å². The number of carbonyl (C=O) groups is 1. The van der Waals surface area contributed by atoms with Crippen molar-refractivity contribution in [2.75, 3.05) is 19.6 Å². The van der Waals surface area contributed by atoms with Crippen LogP contribution in [0.25, 0.3) is 5.65 Å². The average molecular weight is 378 g/mol. The van der Waals surface area contributed by atoms with E-state index in [2.05, 4.69) is 18.8 Å². The second-order valence-corrected chi connectivity index (χ2v) is 8.01. The molecule has 2 N–H and O–H groups in total. The van der Waals surface area contributed by atoms with Gasteiger partial charge in [-0.1, -0.05) is 19.1 Å². The quantitative estimate of drug-likeness (QED) is 0.741. The number of ether oxygens (including phenoxy) is 1. The monoisotopic (exact) mass is 378 g/mol. The normalized spacial score (nSPS) is 19.3. The average Bonchev–Trinajstić information content (AvgIpc) is 3.29. The lowest BCUT2D eigenvalue weighted by atomic mass is 9.90. The minimum Gasteiger partial charge on any atom is -0.487 e. The van der Waals surface area contributed by atoms with Gasteiger partial charge in [-0.2, -0.15) is 0 Å². The van der Waals surface area contributed by atoms with Crippen molar-refractivity contribution in [3.8, 4) is 5.75 Å². The number of benzene rings is 1.